The Morgan fingerprint density at radius 1 is 1.43 bits per heavy atom. The molecule has 0 amide bonds. The lowest BCUT2D eigenvalue weighted by molar-refractivity contribution is -0.141. The first kappa shape index (κ1) is 11.3. The SMILES string of the molecule is C/C=C\CCCCCC1CCC(=O)O1. The smallest absolute Gasteiger partial charge is 0.306 e. The van der Waals surface area contributed by atoms with Gasteiger partial charge in [-0.2, -0.15) is 0 Å². The molecule has 1 unspecified atom stereocenters. The highest BCUT2D eigenvalue weighted by atomic mass is 16.5. The Morgan fingerprint density at radius 2 is 2.29 bits per heavy atom. The van der Waals surface area contributed by atoms with Crippen LogP contribution in [0, 0.1) is 0 Å². The topological polar surface area (TPSA) is 26.3 Å². The van der Waals surface area contributed by atoms with Crippen LogP contribution < -0.4 is 0 Å². The molecular formula is C12H20O2. The van der Waals surface area contributed by atoms with Crippen LogP contribution in [0.2, 0.25) is 0 Å². The first-order chi connectivity index (χ1) is 6.83. The lowest BCUT2D eigenvalue weighted by atomic mass is 10.1. The maximum Gasteiger partial charge on any atom is 0.306 e. The van der Waals surface area contributed by atoms with E-state index in [0.717, 1.165) is 12.8 Å². The maximum absolute atomic E-state index is 10.8. The maximum atomic E-state index is 10.8. The first-order valence-electron chi connectivity index (χ1n) is 5.63. The van der Waals surface area contributed by atoms with Crippen LogP contribution in [-0.4, -0.2) is 12.1 Å². The lowest BCUT2D eigenvalue weighted by Crippen LogP contribution is -2.05. The Balaban J connectivity index is 1.91. The standard InChI is InChI=1S/C12H20O2/c1-2-3-4-5-6-7-8-11-9-10-12(13)14-11/h2-3,11H,4-10H2,1H3/b3-2-. The molecule has 1 saturated heterocycles. The van der Waals surface area contributed by atoms with Gasteiger partial charge in [-0.25, -0.2) is 0 Å². The molecule has 0 saturated carbocycles. The van der Waals surface area contributed by atoms with E-state index in [1.54, 1.807) is 0 Å². The Labute approximate surface area is 86.3 Å². The van der Waals surface area contributed by atoms with Gasteiger partial charge in [0.2, 0.25) is 0 Å². The molecule has 1 atom stereocenters. The summed E-state index contributed by atoms with van der Waals surface area (Å²) in [4.78, 5) is 10.8. The molecule has 0 aromatic rings. The molecule has 0 radical (unpaired) electrons. The number of allylic oxidation sites excluding steroid dienone is 2. The summed E-state index contributed by atoms with van der Waals surface area (Å²) in [5.74, 6) is -0.0103. The van der Waals surface area contributed by atoms with E-state index in [2.05, 4.69) is 19.1 Å². The highest BCUT2D eigenvalue weighted by Gasteiger charge is 2.22. The lowest BCUT2D eigenvalue weighted by Gasteiger charge is -2.07. The van der Waals surface area contributed by atoms with Crippen LogP contribution in [0.15, 0.2) is 12.2 Å². The van der Waals surface area contributed by atoms with Crippen molar-refractivity contribution >= 4 is 5.97 Å². The van der Waals surface area contributed by atoms with Crippen molar-refractivity contribution in [2.45, 2.75) is 58.0 Å². The number of esters is 1. The summed E-state index contributed by atoms with van der Waals surface area (Å²) >= 11 is 0. The molecule has 1 aliphatic rings. The predicted molar refractivity (Wildman–Crippen MR) is 57.0 cm³/mol. The molecule has 0 N–H and O–H groups in total. The molecule has 0 spiro atoms. The van der Waals surface area contributed by atoms with Gasteiger partial charge in [0.25, 0.3) is 0 Å². The quantitative estimate of drug-likeness (QED) is 0.370. The van der Waals surface area contributed by atoms with Gasteiger partial charge in [0.1, 0.15) is 6.10 Å². The van der Waals surface area contributed by atoms with Crippen LogP contribution in [0.4, 0.5) is 0 Å². The minimum Gasteiger partial charge on any atom is -0.462 e. The van der Waals surface area contributed by atoms with Crippen molar-refractivity contribution in [2.75, 3.05) is 0 Å². The fraction of sp³-hybridized carbons (Fsp3) is 0.750. The zero-order valence-corrected chi connectivity index (χ0v) is 9.00. The van der Waals surface area contributed by atoms with Crippen molar-refractivity contribution in [2.24, 2.45) is 0 Å². The molecule has 1 aliphatic heterocycles. The van der Waals surface area contributed by atoms with Crippen molar-refractivity contribution in [3.63, 3.8) is 0 Å². The van der Waals surface area contributed by atoms with Crippen molar-refractivity contribution in [3.05, 3.63) is 12.2 Å². The second-order valence-electron chi connectivity index (χ2n) is 3.86. The van der Waals surface area contributed by atoms with Crippen LogP contribution in [0.25, 0.3) is 0 Å². The highest BCUT2D eigenvalue weighted by molar-refractivity contribution is 5.71. The predicted octanol–water partition coefficient (Wildman–Crippen LogP) is 3.22. The minimum atomic E-state index is -0.0103. The average Bonchev–Trinajstić information content (AvgIpc) is 2.58. The van der Waals surface area contributed by atoms with Gasteiger partial charge in [-0.15, -0.1) is 0 Å². The number of hydrogen-bond donors (Lipinski definition) is 0. The monoisotopic (exact) mass is 196 g/mol. The van der Waals surface area contributed by atoms with Crippen molar-refractivity contribution < 1.29 is 9.53 Å². The third-order valence-corrected chi connectivity index (χ3v) is 2.60. The van der Waals surface area contributed by atoms with Crippen molar-refractivity contribution in [3.8, 4) is 0 Å². The number of carbonyl (C=O) groups is 1. The second kappa shape index (κ2) is 6.63. The first-order valence-corrected chi connectivity index (χ1v) is 5.63. The third kappa shape index (κ3) is 4.45. The largest absolute Gasteiger partial charge is 0.462 e. The molecule has 2 nitrogen and oxygen atoms in total. The number of cyclic esters (lactones) is 1. The molecule has 0 aromatic heterocycles. The molecule has 1 rings (SSSR count). The van der Waals surface area contributed by atoms with Crippen LogP contribution >= 0.6 is 0 Å². The van der Waals surface area contributed by atoms with Crippen molar-refractivity contribution in [1.29, 1.82) is 0 Å². The van der Waals surface area contributed by atoms with Crippen LogP contribution in [0.5, 0.6) is 0 Å². The average molecular weight is 196 g/mol. The van der Waals surface area contributed by atoms with E-state index in [0.29, 0.717) is 6.42 Å². The normalized spacial score (nSPS) is 21.8. The van der Waals surface area contributed by atoms with E-state index in [9.17, 15) is 4.79 Å². The molecule has 0 bridgehead atoms. The van der Waals surface area contributed by atoms with Crippen LogP contribution in [-0.2, 0) is 9.53 Å². The van der Waals surface area contributed by atoms with Crippen molar-refractivity contribution in [1.82, 2.24) is 0 Å². The van der Waals surface area contributed by atoms with E-state index in [1.807, 2.05) is 0 Å². The zero-order valence-electron chi connectivity index (χ0n) is 9.00. The molecule has 0 aliphatic carbocycles. The van der Waals surface area contributed by atoms with Gasteiger partial charge in [0.05, 0.1) is 0 Å². The summed E-state index contributed by atoms with van der Waals surface area (Å²) in [6, 6.07) is 0. The van der Waals surface area contributed by atoms with Gasteiger partial charge >= 0.3 is 5.97 Å². The highest BCUT2D eigenvalue weighted by Crippen LogP contribution is 2.19. The molecule has 2 heteroatoms. The third-order valence-electron chi connectivity index (χ3n) is 2.60. The number of rotatable bonds is 6. The molecule has 1 fully saturated rings. The van der Waals surface area contributed by atoms with E-state index in [4.69, 9.17) is 4.74 Å². The Hall–Kier alpha value is -0.790. The van der Waals surface area contributed by atoms with Gasteiger partial charge in [-0.05, 0) is 39.0 Å². The fourth-order valence-electron chi connectivity index (χ4n) is 1.76. The van der Waals surface area contributed by atoms with Gasteiger partial charge in [-0.1, -0.05) is 18.6 Å². The minimum absolute atomic E-state index is 0.0103. The zero-order chi connectivity index (χ0) is 10.2. The van der Waals surface area contributed by atoms with Crippen LogP contribution in [0.3, 0.4) is 0 Å². The number of unbranched alkanes of at least 4 members (excludes halogenated alkanes) is 3. The Morgan fingerprint density at radius 3 is 2.93 bits per heavy atom. The van der Waals surface area contributed by atoms with E-state index in [-0.39, 0.29) is 12.1 Å². The Kier molecular flexibility index (Phi) is 5.35. The summed E-state index contributed by atoms with van der Waals surface area (Å²) in [5.41, 5.74) is 0. The van der Waals surface area contributed by atoms with E-state index in [1.165, 1.54) is 25.7 Å². The van der Waals surface area contributed by atoms with Gasteiger partial charge in [0, 0.05) is 6.42 Å². The Bertz CT molecular complexity index is 196. The number of carbonyl (C=O) groups excluding carboxylic acids is 1. The summed E-state index contributed by atoms with van der Waals surface area (Å²) < 4.78 is 5.14. The molecule has 0 aromatic carbocycles. The fourth-order valence-corrected chi connectivity index (χ4v) is 1.76. The molecule has 1 heterocycles. The van der Waals surface area contributed by atoms with E-state index < -0.39 is 0 Å². The summed E-state index contributed by atoms with van der Waals surface area (Å²) in [6.45, 7) is 2.05. The van der Waals surface area contributed by atoms with Gasteiger partial charge in [0.15, 0.2) is 0 Å². The van der Waals surface area contributed by atoms with E-state index >= 15 is 0 Å². The summed E-state index contributed by atoms with van der Waals surface area (Å²) in [7, 11) is 0. The number of ether oxygens (including phenoxy) is 1. The summed E-state index contributed by atoms with van der Waals surface area (Å²) in [6.07, 6.45) is 12.0. The van der Waals surface area contributed by atoms with Gasteiger partial charge in [-0.3, -0.25) is 4.79 Å². The number of hydrogen-bond acceptors (Lipinski definition) is 2. The summed E-state index contributed by atoms with van der Waals surface area (Å²) in [5, 5.41) is 0. The second-order valence-corrected chi connectivity index (χ2v) is 3.86. The molecular weight excluding hydrogens is 176 g/mol. The van der Waals surface area contributed by atoms with Crippen LogP contribution in [0.1, 0.15) is 51.9 Å². The molecule has 14 heavy (non-hydrogen) atoms. The van der Waals surface area contributed by atoms with Gasteiger partial charge < -0.3 is 4.74 Å². The molecule has 80 valence electrons.